The molecule has 0 radical (unpaired) electrons. The van der Waals surface area contributed by atoms with E-state index in [0.29, 0.717) is 19.8 Å². The topological polar surface area (TPSA) is 43.3 Å². The average molecular weight is 274 g/mol. The van der Waals surface area contributed by atoms with Gasteiger partial charge in [0.25, 0.3) is 0 Å². The van der Waals surface area contributed by atoms with Crippen LogP contribution in [0.1, 0.15) is 27.2 Å². The highest BCUT2D eigenvalue weighted by Crippen LogP contribution is 2.18. The third-order valence-electron chi connectivity index (χ3n) is 2.80. The summed E-state index contributed by atoms with van der Waals surface area (Å²) >= 11 is 0. The zero-order valence-electron chi connectivity index (χ0n) is 11.9. The highest BCUT2D eigenvalue weighted by Gasteiger charge is 2.39. The minimum absolute atomic E-state index is 0.652. The van der Waals surface area contributed by atoms with Crippen molar-refractivity contribution in [3.05, 3.63) is 0 Å². The van der Waals surface area contributed by atoms with Crippen molar-refractivity contribution in [1.29, 1.82) is 0 Å². The van der Waals surface area contributed by atoms with E-state index in [1.807, 2.05) is 27.0 Å². The first-order chi connectivity index (χ1) is 8.76. The van der Waals surface area contributed by atoms with Gasteiger partial charge in [0.05, 0.1) is 6.67 Å². The minimum Gasteiger partial charge on any atom is -0.374 e. The number of hydrogen-bond donors (Lipinski definition) is 0. The molecule has 0 amide bonds. The first-order valence-corrected chi connectivity index (χ1v) is 8.82. The van der Waals surface area contributed by atoms with Crippen LogP contribution in [0.25, 0.3) is 0 Å². The van der Waals surface area contributed by atoms with E-state index in [1.54, 1.807) is 0 Å². The van der Waals surface area contributed by atoms with E-state index >= 15 is 0 Å². The summed E-state index contributed by atoms with van der Waals surface area (Å²) in [7, 11) is -2.43. The summed E-state index contributed by atoms with van der Waals surface area (Å²) < 4.78 is 17.5. The molecule has 0 N–H and O–H groups in total. The van der Waals surface area contributed by atoms with Crippen LogP contribution in [0.3, 0.4) is 0 Å². The summed E-state index contributed by atoms with van der Waals surface area (Å²) in [6, 6.07) is 0.888. The van der Waals surface area contributed by atoms with E-state index in [9.17, 15) is 0 Å². The highest BCUT2D eigenvalue weighted by molar-refractivity contribution is 6.60. The van der Waals surface area contributed by atoms with E-state index in [0.717, 1.165) is 32.2 Å². The fraction of sp³-hybridized carbons (Fsp3) is 0.917. The maximum Gasteiger partial charge on any atom is 0.500 e. The molecule has 0 aromatic carbocycles. The second-order valence-corrected chi connectivity index (χ2v) is 6.90. The second-order valence-electron chi connectivity index (χ2n) is 4.17. The molecular weight excluding hydrogens is 248 g/mol. The molecule has 0 fully saturated rings. The van der Waals surface area contributed by atoms with Gasteiger partial charge in [0, 0.05) is 45.2 Å². The van der Waals surface area contributed by atoms with Crippen molar-refractivity contribution < 1.29 is 13.3 Å². The quantitative estimate of drug-likeness (QED) is 0.570. The summed E-state index contributed by atoms with van der Waals surface area (Å²) in [5.74, 6) is 0. The Labute approximate surface area is 111 Å². The number of nitrogens with zero attached hydrogens (tertiary/aromatic N) is 2. The Morgan fingerprint density at radius 1 is 1.11 bits per heavy atom. The molecule has 0 saturated heterocycles. The highest BCUT2D eigenvalue weighted by atomic mass is 28.4. The van der Waals surface area contributed by atoms with Crippen LogP contribution in [-0.2, 0) is 13.3 Å². The van der Waals surface area contributed by atoms with Crippen molar-refractivity contribution in [2.24, 2.45) is 4.99 Å². The van der Waals surface area contributed by atoms with Crippen molar-refractivity contribution in [1.82, 2.24) is 4.90 Å². The molecule has 0 unspecified atom stereocenters. The van der Waals surface area contributed by atoms with Gasteiger partial charge >= 0.3 is 8.80 Å². The molecule has 0 bridgehead atoms. The van der Waals surface area contributed by atoms with Gasteiger partial charge in [-0.3, -0.25) is 9.89 Å². The van der Waals surface area contributed by atoms with Gasteiger partial charge in [-0.1, -0.05) is 0 Å². The molecule has 106 valence electrons. The summed E-state index contributed by atoms with van der Waals surface area (Å²) in [6.07, 6.45) is 3.01. The van der Waals surface area contributed by atoms with Gasteiger partial charge in [0.1, 0.15) is 0 Å². The van der Waals surface area contributed by atoms with E-state index in [2.05, 4.69) is 9.89 Å². The van der Waals surface area contributed by atoms with Crippen molar-refractivity contribution in [2.75, 3.05) is 39.6 Å². The number of rotatable bonds is 10. The summed E-state index contributed by atoms with van der Waals surface area (Å²) in [6.45, 7) is 10.8. The molecule has 0 aromatic rings. The van der Waals surface area contributed by atoms with E-state index in [4.69, 9.17) is 13.3 Å². The van der Waals surface area contributed by atoms with E-state index in [1.165, 1.54) is 0 Å². The van der Waals surface area contributed by atoms with Crippen LogP contribution in [-0.4, -0.2) is 59.5 Å². The molecular formula is C12H26N2O3Si. The fourth-order valence-electron chi connectivity index (χ4n) is 2.09. The Hall–Kier alpha value is -0.273. The molecule has 6 heteroatoms. The molecule has 0 atom stereocenters. The van der Waals surface area contributed by atoms with Gasteiger partial charge in [-0.25, -0.2) is 0 Å². The maximum absolute atomic E-state index is 5.82. The average Bonchev–Trinajstić information content (AvgIpc) is 2.83. The molecule has 1 aliphatic heterocycles. The van der Waals surface area contributed by atoms with Gasteiger partial charge < -0.3 is 13.3 Å². The van der Waals surface area contributed by atoms with Crippen LogP contribution in [0.15, 0.2) is 4.99 Å². The van der Waals surface area contributed by atoms with Gasteiger partial charge in [-0.05, 0) is 27.2 Å². The lowest BCUT2D eigenvalue weighted by atomic mass is 10.4. The fourth-order valence-corrected chi connectivity index (χ4v) is 4.68. The van der Waals surface area contributed by atoms with Crippen LogP contribution < -0.4 is 0 Å². The van der Waals surface area contributed by atoms with E-state index in [-0.39, 0.29) is 0 Å². The molecule has 1 aliphatic rings. The SMILES string of the molecule is CCO[Si](CCCN1CC=NC1)(OCC)OCC. The van der Waals surface area contributed by atoms with Crippen LogP contribution in [0.5, 0.6) is 0 Å². The predicted molar refractivity (Wildman–Crippen MR) is 75.0 cm³/mol. The van der Waals surface area contributed by atoms with Gasteiger partial charge in [0.2, 0.25) is 0 Å². The van der Waals surface area contributed by atoms with Crippen LogP contribution in [0.2, 0.25) is 6.04 Å². The Kier molecular flexibility index (Phi) is 7.68. The summed E-state index contributed by atoms with van der Waals surface area (Å²) in [4.78, 5) is 6.52. The Balaban J connectivity index is 2.37. The molecule has 0 saturated carbocycles. The van der Waals surface area contributed by atoms with Crippen molar-refractivity contribution in [3.63, 3.8) is 0 Å². The lowest BCUT2D eigenvalue weighted by Crippen LogP contribution is -2.46. The largest absolute Gasteiger partial charge is 0.500 e. The molecule has 0 spiro atoms. The standard InChI is InChI=1S/C12H26N2O3Si/c1-4-15-18(16-5-2,17-6-3)11-7-9-14-10-8-13-12-14/h8H,4-7,9-12H2,1-3H3. The van der Waals surface area contributed by atoms with Crippen LogP contribution in [0, 0.1) is 0 Å². The van der Waals surface area contributed by atoms with Crippen molar-refractivity contribution in [3.8, 4) is 0 Å². The Morgan fingerprint density at radius 3 is 2.17 bits per heavy atom. The molecule has 1 rings (SSSR count). The number of aliphatic imine (C=N–C) groups is 1. The summed E-state index contributed by atoms with van der Waals surface area (Å²) in [5.41, 5.74) is 0. The Morgan fingerprint density at radius 2 is 1.72 bits per heavy atom. The third kappa shape index (κ3) is 5.15. The minimum atomic E-state index is -2.43. The van der Waals surface area contributed by atoms with Crippen molar-refractivity contribution >= 4 is 15.0 Å². The molecule has 18 heavy (non-hydrogen) atoms. The first kappa shape index (κ1) is 15.8. The summed E-state index contributed by atoms with van der Waals surface area (Å²) in [5, 5.41) is 0. The number of hydrogen-bond acceptors (Lipinski definition) is 5. The lowest BCUT2D eigenvalue weighted by molar-refractivity contribution is 0.0701. The van der Waals surface area contributed by atoms with Crippen LogP contribution >= 0.6 is 0 Å². The zero-order chi connectivity index (χ0) is 13.3. The lowest BCUT2D eigenvalue weighted by Gasteiger charge is -2.29. The van der Waals surface area contributed by atoms with Crippen molar-refractivity contribution in [2.45, 2.75) is 33.2 Å². The monoisotopic (exact) mass is 274 g/mol. The molecule has 0 aromatic heterocycles. The Bertz CT molecular complexity index is 226. The molecule has 5 nitrogen and oxygen atoms in total. The zero-order valence-corrected chi connectivity index (χ0v) is 12.9. The van der Waals surface area contributed by atoms with Gasteiger partial charge in [-0.15, -0.1) is 0 Å². The normalized spacial score (nSPS) is 16.6. The smallest absolute Gasteiger partial charge is 0.374 e. The third-order valence-corrected chi connectivity index (χ3v) is 5.95. The first-order valence-electron chi connectivity index (χ1n) is 6.88. The predicted octanol–water partition coefficient (Wildman–Crippen LogP) is 1.77. The maximum atomic E-state index is 5.82. The second kappa shape index (κ2) is 8.76. The van der Waals surface area contributed by atoms with Crippen LogP contribution in [0.4, 0.5) is 0 Å². The van der Waals surface area contributed by atoms with E-state index < -0.39 is 8.80 Å². The molecule has 1 heterocycles. The molecule has 0 aliphatic carbocycles. The van der Waals surface area contributed by atoms with Gasteiger partial charge in [-0.2, -0.15) is 0 Å². The van der Waals surface area contributed by atoms with Gasteiger partial charge in [0.15, 0.2) is 0 Å².